The first-order valence-corrected chi connectivity index (χ1v) is 5.11. The Balaban J connectivity index is 2.28. The highest BCUT2D eigenvalue weighted by Gasteiger charge is 2.49. The van der Waals surface area contributed by atoms with Crippen molar-refractivity contribution in [3.8, 4) is 0 Å². The van der Waals surface area contributed by atoms with E-state index in [1.54, 1.807) is 0 Å². The maximum atomic E-state index is 11.8. The summed E-state index contributed by atoms with van der Waals surface area (Å²) in [7, 11) is 0. The first-order chi connectivity index (χ1) is 6.18. The third-order valence-corrected chi connectivity index (χ3v) is 3.61. The van der Waals surface area contributed by atoms with E-state index in [0.717, 1.165) is 13.0 Å². The zero-order valence-electron chi connectivity index (χ0n) is 8.25. The van der Waals surface area contributed by atoms with E-state index in [1.165, 1.54) is 12.8 Å². The molecule has 0 aromatic carbocycles. The Kier molecular flexibility index (Phi) is 2.03. The van der Waals surface area contributed by atoms with Crippen molar-refractivity contribution < 1.29 is 4.79 Å². The lowest BCUT2D eigenvalue weighted by molar-refractivity contribution is -0.125. The van der Waals surface area contributed by atoms with Gasteiger partial charge in [-0.25, -0.2) is 0 Å². The summed E-state index contributed by atoms with van der Waals surface area (Å²) in [5.74, 6) is 0.414. The Morgan fingerprint density at radius 2 is 2.38 bits per heavy atom. The highest BCUT2D eigenvalue weighted by atomic mass is 16.1. The van der Waals surface area contributed by atoms with Crippen LogP contribution < -0.4 is 0 Å². The zero-order valence-corrected chi connectivity index (χ0v) is 8.25. The average molecular weight is 179 g/mol. The number of nitrogens with zero attached hydrogens (tertiary/aromatic N) is 1. The Morgan fingerprint density at radius 3 is 3.08 bits per heavy atom. The number of ketones is 1. The molecule has 0 aromatic rings. The van der Waals surface area contributed by atoms with E-state index in [0.29, 0.717) is 18.2 Å². The van der Waals surface area contributed by atoms with Crippen LogP contribution in [0.15, 0.2) is 12.7 Å². The van der Waals surface area contributed by atoms with Crippen LogP contribution in [0.4, 0.5) is 0 Å². The molecule has 0 radical (unpaired) electrons. The molecular weight excluding hydrogens is 162 g/mol. The van der Waals surface area contributed by atoms with E-state index in [9.17, 15) is 4.79 Å². The molecule has 2 heteroatoms. The molecule has 2 rings (SSSR count). The molecule has 0 bridgehead atoms. The van der Waals surface area contributed by atoms with Crippen molar-refractivity contribution in [3.05, 3.63) is 12.7 Å². The topological polar surface area (TPSA) is 20.3 Å². The van der Waals surface area contributed by atoms with E-state index >= 15 is 0 Å². The number of hydrogen-bond acceptors (Lipinski definition) is 2. The number of carbonyl (C=O) groups is 1. The molecule has 13 heavy (non-hydrogen) atoms. The molecule has 2 fully saturated rings. The molecule has 0 N–H and O–H groups in total. The van der Waals surface area contributed by atoms with Crippen LogP contribution in [0.25, 0.3) is 0 Å². The lowest BCUT2D eigenvalue weighted by Crippen LogP contribution is -2.50. The van der Waals surface area contributed by atoms with Crippen LogP contribution in [0.3, 0.4) is 0 Å². The minimum Gasteiger partial charge on any atom is -0.298 e. The van der Waals surface area contributed by atoms with Gasteiger partial charge in [0, 0.05) is 12.5 Å². The van der Waals surface area contributed by atoms with Crippen LogP contribution in [0.1, 0.15) is 32.6 Å². The molecule has 0 unspecified atom stereocenters. The molecule has 2 nitrogen and oxygen atoms in total. The first kappa shape index (κ1) is 8.95. The maximum absolute atomic E-state index is 11.8. The number of Topliss-reactive ketones (excluding diaryl/α,β-unsaturated/α-hetero) is 1. The largest absolute Gasteiger partial charge is 0.298 e. The SMILES string of the molecule is C=C[C@H]1CC(=O)[C@@]2(C)CCCCN12. The van der Waals surface area contributed by atoms with Gasteiger partial charge in [-0.1, -0.05) is 6.08 Å². The standard InChI is InChI=1S/C11H17NO/c1-3-9-8-10(13)11(2)6-4-5-7-12(9)11/h3,9H,1,4-8H2,2H3/t9-,11+/m0/s1. The summed E-state index contributed by atoms with van der Waals surface area (Å²) in [5, 5.41) is 0. The van der Waals surface area contributed by atoms with Crippen molar-refractivity contribution in [1.82, 2.24) is 4.90 Å². The fourth-order valence-corrected chi connectivity index (χ4v) is 2.70. The normalized spacial score (nSPS) is 40.4. The summed E-state index contributed by atoms with van der Waals surface area (Å²) in [6.45, 7) is 6.97. The van der Waals surface area contributed by atoms with Gasteiger partial charge < -0.3 is 0 Å². The van der Waals surface area contributed by atoms with Gasteiger partial charge >= 0.3 is 0 Å². The molecule has 0 spiro atoms. The number of hydrogen-bond donors (Lipinski definition) is 0. The van der Waals surface area contributed by atoms with Crippen LogP contribution in [0.2, 0.25) is 0 Å². The van der Waals surface area contributed by atoms with Gasteiger partial charge in [-0.2, -0.15) is 0 Å². The zero-order chi connectivity index (χ0) is 9.47. The Labute approximate surface area is 79.6 Å². The average Bonchev–Trinajstić information content (AvgIpc) is 2.39. The summed E-state index contributed by atoms with van der Waals surface area (Å²) >= 11 is 0. The molecule has 0 saturated carbocycles. The van der Waals surface area contributed by atoms with Gasteiger partial charge in [0.25, 0.3) is 0 Å². The smallest absolute Gasteiger partial charge is 0.154 e. The van der Waals surface area contributed by atoms with Crippen LogP contribution >= 0.6 is 0 Å². The van der Waals surface area contributed by atoms with Gasteiger partial charge in [-0.15, -0.1) is 6.58 Å². The monoisotopic (exact) mass is 179 g/mol. The predicted octanol–water partition coefficient (Wildman–Crippen LogP) is 1.76. The molecule has 72 valence electrons. The van der Waals surface area contributed by atoms with Gasteiger partial charge in [-0.05, 0) is 32.7 Å². The molecule has 2 aliphatic rings. The first-order valence-electron chi connectivity index (χ1n) is 5.11. The van der Waals surface area contributed by atoms with Crippen LogP contribution in [0.5, 0.6) is 0 Å². The van der Waals surface area contributed by atoms with Crippen LogP contribution in [-0.2, 0) is 4.79 Å². The number of piperidine rings is 1. The van der Waals surface area contributed by atoms with Crippen molar-refractivity contribution in [3.63, 3.8) is 0 Å². The summed E-state index contributed by atoms with van der Waals surface area (Å²) in [5.41, 5.74) is -0.156. The highest BCUT2D eigenvalue weighted by Crippen LogP contribution is 2.38. The molecule has 0 aromatic heterocycles. The fourth-order valence-electron chi connectivity index (χ4n) is 2.70. The molecule has 2 atom stereocenters. The van der Waals surface area contributed by atoms with Gasteiger partial charge in [0.15, 0.2) is 5.78 Å². The van der Waals surface area contributed by atoms with Gasteiger partial charge in [0.2, 0.25) is 0 Å². The molecular formula is C11H17NO. The molecule has 0 amide bonds. The van der Waals surface area contributed by atoms with Crippen molar-refractivity contribution in [2.75, 3.05) is 6.54 Å². The van der Waals surface area contributed by atoms with Crippen LogP contribution in [-0.4, -0.2) is 28.8 Å². The van der Waals surface area contributed by atoms with Crippen molar-refractivity contribution in [2.24, 2.45) is 0 Å². The van der Waals surface area contributed by atoms with E-state index in [1.807, 2.05) is 6.08 Å². The van der Waals surface area contributed by atoms with Crippen LogP contribution in [0, 0.1) is 0 Å². The third kappa shape index (κ3) is 1.16. The molecule has 2 saturated heterocycles. The quantitative estimate of drug-likeness (QED) is 0.572. The second-order valence-corrected chi connectivity index (χ2v) is 4.35. The molecule has 2 aliphatic heterocycles. The Morgan fingerprint density at radius 1 is 1.62 bits per heavy atom. The summed E-state index contributed by atoms with van der Waals surface area (Å²) in [6.07, 6.45) is 6.07. The minimum absolute atomic E-state index is 0.156. The van der Waals surface area contributed by atoms with E-state index < -0.39 is 0 Å². The lowest BCUT2D eigenvalue weighted by atomic mass is 9.88. The minimum atomic E-state index is -0.156. The van der Waals surface area contributed by atoms with Gasteiger partial charge in [0.1, 0.15) is 0 Å². The van der Waals surface area contributed by atoms with Crippen molar-refractivity contribution in [1.29, 1.82) is 0 Å². The highest BCUT2D eigenvalue weighted by molar-refractivity contribution is 5.91. The third-order valence-electron chi connectivity index (χ3n) is 3.61. The van der Waals surface area contributed by atoms with E-state index in [4.69, 9.17) is 0 Å². The number of carbonyl (C=O) groups excluding carboxylic acids is 1. The molecule has 2 heterocycles. The van der Waals surface area contributed by atoms with Gasteiger partial charge in [-0.3, -0.25) is 9.69 Å². The fraction of sp³-hybridized carbons (Fsp3) is 0.727. The van der Waals surface area contributed by atoms with Crippen molar-refractivity contribution in [2.45, 2.75) is 44.2 Å². The van der Waals surface area contributed by atoms with E-state index in [2.05, 4.69) is 18.4 Å². The number of fused-ring (bicyclic) bond motifs is 1. The summed E-state index contributed by atoms with van der Waals surface area (Å²) in [6, 6.07) is 0.304. The van der Waals surface area contributed by atoms with E-state index in [-0.39, 0.29) is 5.54 Å². The summed E-state index contributed by atoms with van der Waals surface area (Å²) < 4.78 is 0. The predicted molar refractivity (Wildman–Crippen MR) is 52.6 cm³/mol. The molecule has 0 aliphatic carbocycles. The second kappa shape index (κ2) is 2.95. The summed E-state index contributed by atoms with van der Waals surface area (Å²) in [4.78, 5) is 14.1. The number of rotatable bonds is 1. The van der Waals surface area contributed by atoms with Gasteiger partial charge in [0.05, 0.1) is 5.54 Å². The Bertz CT molecular complexity index is 248. The Hall–Kier alpha value is -0.630. The van der Waals surface area contributed by atoms with Crippen molar-refractivity contribution >= 4 is 5.78 Å². The second-order valence-electron chi connectivity index (χ2n) is 4.35. The maximum Gasteiger partial charge on any atom is 0.154 e. The lowest BCUT2D eigenvalue weighted by Gasteiger charge is -2.40.